The maximum atomic E-state index is 11.0. The summed E-state index contributed by atoms with van der Waals surface area (Å²) >= 11 is 0. The second-order valence-electron chi connectivity index (χ2n) is 2.57. The van der Waals surface area contributed by atoms with Crippen LogP contribution in [0.5, 0.6) is 0 Å². The van der Waals surface area contributed by atoms with Crippen LogP contribution in [-0.2, 0) is 14.4 Å². The van der Waals surface area contributed by atoms with E-state index < -0.39 is 16.1 Å². The maximum Gasteiger partial charge on any atom is 0.287 e. The van der Waals surface area contributed by atoms with Gasteiger partial charge in [-0.05, 0) is 6.42 Å². The van der Waals surface area contributed by atoms with Crippen molar-refractivity contribution in [2.24, 2.45) is 5.73 Å². The zero-order valence-electron chi connectivity index (χ0n) is 7.54. The van der Waals surface area contributed by atoms with Crippen molar-refractivity contribution in [2.75, 3.05) is 5.75 Å². The standard InChI is InChI=1S/C6H15N3O3S/c1-2-3-4-5-13(10,11)12-9-6(7)8/h2-5H2,1H3,(H4,7,8,9). The van der Waals surface area contributed by atoms with Crippen LogP contribution in [0.1, 0.15) is 26.2 Å². The molecule has 0 radical (unpaired) electrons. The van der Waals surface area contributed by atoms with Crippen LogP contribution in [0.4, 0.5) is 0 Å². The molecule has 0 atom stereocenters. The summed E-state index contributed by atoms with van der Waals surface area (Å²) in [5, 5.41) is 6.66. The maximum absolute atomic E-state index is 11.0. The molecular formula is C6H15N3O3S. The number of rotatable bonds is 6. The first-order chi connectivity index (χ1) is 5.98. The van der Waals surface area contributed by atoms with Crippen LogP contribution in [0, 0.1) is 5.41 Å². The third-order valence-electron chi connectivity index (χ3n) is 1.28. The lowest BCUT2D eigenvalue weighted by Crippen LogP contribution is -2.33. The lowest BCUT2D eigenvalue weighted by atomic mass is 10.3. The molecule has 0 aliphatic carbocycles. The molecule has 0 aliphatic rings. The van der Waals surface area contributed by atoms with E-state index in [2.05, 4.69) is 4.28 Å². The number of hydrogen-bond acceptors (Lipinski definition) is 4. The Morgan fingerprint density at radius 1 is 1.54 bits per heavy atom. The van der Waals surface area contributed by atoms with Crippen LogP contribution in [-0.4, -0.2) is 20.1 Å². The molecular weight excluding hydrogens is 194 g/mol. The largest absolute Gasteiger partial charge is 0.368 e. The molecule has 13 heavy (non-hydrogen) atoms. The smallest absolute Gasteiger partial charge is 0.287 e. The highest BCUT2D eigenvalue weighted by Crippen LogP contribution is 1.99. The van der Waals surface area contributed by atoms with E-state index in [1.165, 1.54) is 0 Å². The fourth-order valence-electron chi connectivity index (χ4n) is 0.679. The van der Waals surface area contributed by atoms with Crippen molar-refractivity contribution in [3.8, 4) is 0 Å². The highest BCUT2D eigenvalue weighted by atomic mass is 32.2. The van der Waals surface area contributed by atoms with E-state index in [1.807, 2.05) is 6.92 Å². The molecule has 78 valence electrons. The molecule has 6 nitrogen and oxygen atoms in total. The van der Waals surface area contributed by atoms with E-state index in [1.54, 1.807) is 5.48 Å². The zero-order valence-corrected chi connectivity index (χ0v) is 8.36. The van der Waals surface area contributed by atoms with E-state index in [0.29, 0.717) is 6.42 Å². The summed E-state index contributed by atoms with van der Waals surface area (Å²) in [6.45, 7) is 1.97. The number of nitrogens with two attached hydrogens (primary N) is 1. The second-order valence-corrected chi connectivity index (χ2v) is 4.26. The average Bonchev–Trinajstić information content (AvgIpc) is 2.02. The predicted octanol–water partition coefficient (Wildman–Crippen LogP) is -0.0789. The van der Waals surface area contributed by atoms with E-state index in [9.17, 15) is 8.42 Å². The van der Waals surface area contributed by atoms with Gasteiger partial charge in [0.2, 0.25) is 5.96 Å². The van der Waals surface area contributed by atoms with Gasteiger partial charge in [0.05, 0.1) is 5.75 Å². The van der Waals surface area contributed by atoms with Crippen molar-refractivity contribution >= 4 is 16.1 Å². The van der Waals surface area contributed by atoms with Gasteiger partial charge < -0.3 is 5.73 Å². The molecule has 0 aliphatic heterocycles. The summed E-state index contributed by atoms with van der Waals surface area (Å²) in [5.41, 5.74) is 6.62. The summed E-state index contributed by atoms with van der Waals surface area (Å²) in [6, 6.07) is 0. The van der Waals surface area contributed by atoms with Crippen LogP contribution in [0.2, 0.25) is 0 Å². The minimum atomic E-state index is -3.58. The number of hydroxylamine groups is 1. The molecule has 0 aromatic carbocycles. The van der Waals surface area contributed by atoms with Crippen molar-refractivity contribution in [1.29, 1.82) is 5.41 Å². The molecule has 0 saturated heterocycles. The molecule has 0 heterocycles. The van der Waals surface area contributed by atoms with E-state index in [0.717, 1.165) is 12.8 Å². The minimum Gasteiger partial charge on any atom is -0.368 e. The lowest BCUT2D eigenvalue weighted by Gasteiger charge is -2.04. The van der Waals surface area contributed by atoms with Crippen molar-refractivity contribution < 1.29 is 12.7 Å². The molecule has 0 saturated carbocycles. The monoisotopic (exact) mass is 209 g/mol. The van der Waals surface area contributed by atoms with Gasteiger partial charge in [0.15, 0.2) is 0 Å². The Kier molecular flexibility index (Phi) is 5.40. The SMILES string of the molecule is CCCCCS(=O)(=O)ONC(=N)N. The van der Waals surface area contributed by atoms with Crippen molar-refractivity contribution in [3.63, 3.8) is 0 Å². The van der Waals surface area contributed by atoms with Gasteiger partial charge in [-0.1, -0.05) is 19.8 Å². The molecule has 0 unspecified atom stereocenters. The number of guanidine groups is 1. The highest BCUT2D eigenvalue weighted by Gasteiger charge is 2.10. The van der Waals surface area contributed by atoms with Gasteiger partial charge >= 0.3 is 0 Å². The molecule has 0 amide bonds. The predicted molar refractivity (Wildman–Crippen MR) is 49.4 cm³/mol. The molecule has 0 fully saturated rings. The topological polar surface area (TPSA) is 105 Å². The van der Waals surface area contributed by atoms with Crippen LogP contribution in [0.15, 0.2) is 0 Å². The van der Waals surface area contributed by atoms with Crippen LogP contribution in [0.25, 0.3) is 0 Å². The Labute approximate surface area is 78.0 Å². The Hall–Kier alpha value is -0.820. The first-order valence-electron chi connectivity index (χ1n) is 3.99. The van der Waals surface area contributed by atoms with E-state index in [-0.39, 0.29) is 5.75 Å². The second kappa shape index (κ2) is 5.76. The van der Waals surface area contributed by atoms with E-state index in [4.69, 9.17) is 11.1 Å². The molecule has 7 heteroatoms. The average molecular weight is 209 g/mol. The molecule has 4 N–H and O–H groups in total. The van der Waals surface area contributed by atoms with Gasteiger partial charge in [-0.3, -0.25) is 5.41 Å². The fraction of sp³-hybridized carbons (Fsp3) is 0.833. The Bertz CT molecular complexity index is 250. The fourth-order valence-corrected chi connectivity index (χ4v) is 1.54. The summed E-state index contributed by atoms with van der Waals surface area (Å²) < 4.78 is 26.2. The first-order valence-corrected chi connectivity index (χ1v) is 5.57. The number of unbranched alkanes of at least 4 members (excludes halogenated alkanes) is 2. The molecule has 0 rings (SSSR count). The number of hydrogen-bond donors (Lipinski definition) is 3. The quantitative estimate of drug-likeness (QED) is 0.245. The van der Waals surface area contributed by atoms with Crippen molar-refractivity contribution in [2.45, 2.75) is 26.2 Å². The summed E-state index contributed by atoms with van der Waals surface area (Å²) in [7, 11) is -3.58. The van der Waals surface area contributed by atoms with E-state index >= 15 is 0 Å². The first kappa shape index (κ1) is 12.2. The van der Waals surface area contributed by atoms with Gasteiger partial charge in [-0.25, -0.2) is 5.48 Å². The van der Waals surface area contributed by atoms with Gasteiger partial charge in [0.25, 0.3) is 10.1 Å². The minimum absolute atomic E-state index is 0.0544. The molecule has 0 bridgehead atoms. The van der Waals surface area contributed by atoms with Gasteiger partial charge in [0, 0.05) is 0 Å². The van der Waals surface area contributed by atoms with Crippen LogP contribution >= 0.6 is 0 Å². The molecule has 0 aromatic heterocycles. The summed E-state index contributed by atoms with van der Waals surface area (Å²) in [5.74, 6) is -0.583. The lowest BCUT2D eigenvalue weighted by molar-refractivity contribution is 0.265. The van der Waals surface area contributed by atoms with Crippen LogP contribution in [0.3, 0.4) is 0 Å². The zero-order chi connectivity index (χ0) is 10.3. The Morgan fingerprint density at radius 2 is 2.15 bits per heavy atom. The summed E-state index contributed by atoms with van der Waals surface area (Å²) in [6.07, 6.45) is 2.33. The van der Waals surface area contributed by atoms with Gasteiger partial charge in [-0.15, -0.1) is 4.28 Å². The number of nitrogens with one attached hydrogen (secondary N) is 2. The van der Waals surface area contributed by atoms with Gasteiger partial charge in [-0.2, -0.15) is 8.42 Å². The molecule has 0 spiro atoms. The Morgan fingerprint density at radius 3 is 2.62 bits per heavy atom. The third-order valence-corrected chi connectivity index (χ3v) is 2.40. The Balaban J connectivity index is 3.74. The van der Waals surface area contributed by atoms with Crippen LogP contribution < -0.4 is 11.2 Å². The third kappa shape index (κ3) is 7.54. The normalized spacial score (nSPS) is 11.2. The van der Waals surface area contributed by atoms with Crippen molar-refractivity contribution in [3.05, 3.63) is 0 Å². The highest BCUT2D eigenvalue weighted by molar-refractivity contribution is 7.86. The summed E-state index contributed by atoms with van der Waals surface area (Å²) in [4.78, 5) is 0. The van der Waals surface area contributed by atoms with Crippen molar-refractivity contribution in [1.82, 2.24) is 5.48 Å². The molecule has 0 aromatic rings. The van der Waals surface area contributed by atoms with Gasteiger partial charge in [0.1, 0.15) is 0 Å².